The van der Waals surface area contributed by atoms with Crippen LogP contribution in [0.3, 0.4) is 0 Å². The van der Waals surface area contributed by atoms with Gasteiger partial charge in [-0.05, 0) is 28.8 Å². The first-order valence-electron chi connectivity index (χ1n) is 5.08. The molecule has 0 spiro atoms. The van der Waals surface area contributed by atoms with Gasteiger partial charge in [0.1, 0.15) is 4.60 Å². The Morgan fingerprint density at radius 3 is 2.73 bits per heavy atom. The molecule has 1 aromatic heterocycles. The van der Waals surface area contributed by atoms with Gasteiger partial charge >= 0.3 is 0 Å². The lowest BCUT2D eigenvalue weighted by Gasteiger charge is -2.27. The second-order valence-electron chi connectivity index (χ2n) is 3.66. The van der Waals surface area contributed by atoms with E-state index in [4.69, 9.17) is 0 Å². The quantitative estimate of drug-likeness (QED) is 0.840. The molecule has 1 aliphatic heterocycles. The first kappa shape index (κ1) is 10.8. The van der Waals surface area contributed by atoms with Crippen molar-refractivity contribution in [2.24, 2.45) is 0 Å². The van der Waals surface area contributed by atoms with E-state index in [1.165, 1.54) is 25.3 Å². The number of halogens is 2. The molecular weight excluding hydrogens is 261 g/mol. The van der Waals surface area contributed by atoms with E-state index in [0.29, 0.717) is 5.69 Å². The second kappa shape index (κ2) is 4.90. The highest BCUT2D eigenvalue weighted by atomic mass is 79.9. The molecule has 15 heavy (non-hydrogen) atoms. The lowest BCUT2D eigenvalue weighted by atomic mass is 10.2. The first-order valence-corrected chi connectivity index (χ1v) is 5.87. The van der Waals surface area contributed by atoms with Crippen molar-refractivity contribution in [2.75, 3.05) is 18.5 Å². The number of hydrogen-bond donors (Lipinski definition) is 1. The van der Waals surface area contributed by atoms with Crippen molar-refractivity contribution in [2.45, 2.75) is 19.3 Å². The van der Waals surface area contributed by atoms with Crippen LogP contribution < -0.4 is 5.43 Å². The third kappa shape index (κ3) is 2.89. The van der Waals surface area contributed by atoms with Gasteiger partial charge in [0.05, 0.1) is 11.9 Å². The zero-order valence-electron chi connectivity index (χ0n) is 8.34. The van der Waals surface area contributed by atoms with E-state index >= 15 is 0 Å². The van der Waals surface area contributed by atoms with Crippen molar-refractivity contribution in [3.05, 3.63) is 22.7 Å². The smallest absolute Gasteiger partial charge is 0.158 e. The molecule has 3 nitrogen and oxygen atoms in total. The molecule has 0 aromatic carbocycles. The molecule has 5 heteroatoms. The van der Waals surface area contributed by atoms with Gasteiger partial charge in [0.25, 0.3) is 0 Å². The second-order valence-corrected chi connectivity index (χ2v) is 4.41. The SMILES string of the molecule is Fc1cc(NN2CCCCC2)cnc1Br. The first-order chi connectivity index (χ1) is 7.25. The molecule has 0 amide bonds. The summed E-state index contributed by atoms with van der Waals surface area (Å²) in [5.74, 6) is -0.336. The fourth-order valence-corrected chi connectivity index (χ4v) is 1.89. The van der Waals surface area contributed by atoms with Gasteiger partial charge in [0.2, 0.25) is 0 Å². The van der Waals surface area contributed by atoms with Gasteiger partial charge in [0, 0.05) is 19.2 Å². The molecule has 0 bridgehead atoms. The number of pyridine rings is 1. The Bertz CT molecular complexity index is 339. The van der Waals surface area contributed by atoms with Gasteiger partial charge in [-0.3, -0.25) is 0 Å². The number of hydrogen-bond acceptors (Lipinski definition) is 3. The number of rotatable bonds is 2. The Labute approximate surface area is 96.8 Å². The Hall–Kier alpha value is -0.680. The summed E-state index contributed by atoms with van der Waals surface area (Å²) >= 11 is 3.03. The van der Waals surface area contributed by atoms with Crippen molar-refractivity contribution in [1.29, 1.82) is 0 Å². The highest BCUT2D eigenvalue weighted by Gasteiger charge is 2.10. The summed E-state index contributed by atoms with van der Waals surface area (Å²) in [6, 6.07) is 1.45. The Morgan fingerprint density at radius 1 is 1.33 bits per heavy atom. The molecule has 0 radical (unpaired) electrons. The van der Waals surface area contributed by atoms with Crippen molar-refractivity contribution in [3.63, 3.8) is 0 Å². The molecule has 0 saturated carbocycles. The van der Waals surface area contributed by atoms with E-state index in [0.717, 1.165) is 13.1 Å². The molecule has 1 N–H and O–H groups in total. The van der Waals surface area contributed by atoms with Crippen LogP contribution in [0.25, 0.3) is 0 Å². The van der Waals surface area contributed by atoms with Gasteiger partial charge < -0.3 is 5.43 Å². The van der Waals surface area contributed by atoms with E-state index < -0.39 is 0 Å². The fraction of sp³-hybridized carbons (Fsp3) is 0.500. The fourth-order valence-electron chi connectivity index (χ4n) is 1.67. The Morgan fingerprint density at radius 2 is 2.07 bits per heavy atom. The number of piperidine rings is 1. The van der Waals surface area contributed by atoms with Crippen LogP contribution in [-0.4, -0.2) is 23.1 Å². The summed E-state index contributed by atoms with van der Waals surface area (Å²) in [7, 11) is 0. The van der Waals surface area contributed by atoms with Crippen molar-refractivity contribution in [3.8, 4) is 0 Å². The summed E-state index contributed by atoms with van der Waals surface area (Å²) in [6.45, 7) is 2.02. The van der Waals surface area contributed by atoms with Crippen LogP contribution in [0.15, 0.2) is 16.9 Å². The summed E-state index contributed by atoms with van der Waals surface area (Å²) in [5.41, 5.74) is 3.86. The minimum absolute atomic E-state index is 0.256. The van der Waals surface area contributed by atoms with Gasteiger partial charge in [-0.25, -0.2) is 14.4 Å². The molecular formula is C10H13BrFN3. The van der Waals surface area contributed by atoms with Gasteiger partial charge in [-0.1, -0.05) is 6.42 Å². The van der Waals surface area contributed by atoms with Gasteiger partial charge in [0.15, 0.2) is 5.82 Å². The van der Waals surface area contributed by atoms with E-state index in [1.54, 1.807) is 6.20 Å². The van der Waals surface area contributed by atoms with E-state index in [1.807, 2.05) is 0 Å². The number of anilines is 1. The van der Waals surface area contributed by atoms with Crippen LogP contribution in [0, 0.1) is 5.82 Å². The lowest BCUT2D eigenvalue weighted by molar-refractivity contribution is 0.273. The maximum Gasteiger partial charge on any atom is 0.158 e. The summed E-state index contributed by atoms with van der Waals surface area (Å²) < 4.78 is 13.4. The molecule has 2 heterocycles. The van der Waals surface area contributed by atoms with Crippen molar-refractivity contribution < 1.29 is 4.39 Å². The molecule has 0 atom stereocenters. The maximum absolute atomic E-state index is 13.2. The summed E-state index contributed by atoms with van der Waals surface area (Å²) in [6.07, 6.45) is 5.30. The Balaban J connectivity index is 2.00. The predicted octanol–water partition coefficient (Wildman–Crippen LogP) is 2.80. The molecule has 1 fully saturated rings. The van der Waals surface area contributed by atoms with Crippen molar-refractivity contribution >= 4 is 21.6 Å². The van der Waals surface area contributed by atoms with Crippen LogP contribution in [-0.2, 0) is 0 Å². The topological polar surface area (TPSA) is 28.2 Å². The third-order valence-electron chi connectivity index (χ3n) is 2.44. The summed E-state index contributed by atoms with van der Waals surface area (Å²) in [4.78, 5) is 3.90. The van der Waals surface area contributed by atoms with E-state index in [-0.39, 0.29) is 10.4 Å². The molecule has 82 valence electrons. The van der Waals surface area contributed by atoms with Gasteiger partial charge in [-0.2, -0.15) is 0 Å². The Kier molecular flexibility index (Phi) is 3.53. The number of hydrazine groups is 1. The normalized spacial score (nSPS) is 17.7. The third-order valence-corrected chi connectivity index (χ3v) is 3.02. The van der Waals surface area contributed by atoms with E-state index in [2.05, 4.69) is 31.3 Å². The summed E-state index contributed by atoms with van der Waals surface area (Å²) in [5, 5.41) is 2.11. The minimum atomic E-state index is -0.336. The maximum atomic E-state index is 13.2. The number of aromatic nitrogens is 1. The largest absolute Gasteiger partial charge is 0.317 e. The van der Waals surface area contributed by atoms with Crippen molar-refractivity contribution in [1.82, 2.24) is 9.99 Å². The van der Waals surface area contributed by atoms with Crippen LogP contribution in [0.1, 0.15) is 19.3 Å². The zero-order valence-corrected chi connectivity index (χ0v) is 9.93. The molecule has 0 aliphatic carbocycles. The molecule has 1 saturated heterocycles. The average Bonchev–Trinajstić information content (AvgIpc) is 2.25. The zero-order chi connectivity index (χ0) is 10.7. The highest BCUT2D eigenvalue weighted by molar-refractivity contribution is 9.10. The average molecular weight is 274 g/mol. The van der Waals surface area contributed by atoms with Crippen LogP contribution in [0.5, 0.6) is 0 Å². The minimum Gasteiger partial charge on any atom is -0.317 e. The molecule has 2 rings (SSSR count). The van der Waals surface area contributed by atoms with Crippen LogP contribution >= 0.6 is 15.9 Å². The van der Waals surface area contributed by atoms with E-state index in [9.17, 15) is 4.39 Å². The standard InChI is InChI=1S/C10H13BrFN3/c11-10-9(12)6-8(7-13-10)14-15-4-2-1-3-5-15/h6-7,14H,1-5H2. The lowest BCUT2D eigenvalue weighted by Crippen LogP contribution is -2.34. The molecule has 1 aliphatic rings. The number of nitrogens with one attached hydrogen (secondary N) is 1. The van der Waals surface area contributed by atoms with Crippen LogP contribution in [0.2, 0.25) is 0 Å². The van der Waals surface area contributed by atoms with Crippen LogP contribution in [0.4, 0.5) is 10.1 Å². The highest BCUT2D eigenvalue weighted by Crippen LogP contribution is 2.17. The van der Waals surface area contributed by atoms with Gasteiger partial charge in [-0.15, -0.1) is 0 Å². The molecule has 0 unspecified atom stereocenters. The number of nitrogens with zero attached hydrogens (tertiary/aromatic N) is 2. The molecule has 1 aromatic rings. The predicted molar refractivity (Wildman–Crippen MR) is 60.9 cm³/mol. The monoisotopic (exact) mass is 273 g/mol.